The molecule has 5 rings (SSSR count). The number of halogens is 1. The van der Waals surface area contributed by atoms with Crippen LogP contribution in [0.2, 0.25) is 5.02 Å². The van der Waals surface area contributed by atoms with Crippen molar-refractivity contribution < 1.29 is 14.3 Å². The van der Waals surface area contributed by atoms with Crippen molar-refractivity contribution in [2.45, 2.75) is 31.8 Å². The van der Waals surface area contributed by atoms with E-state index in [2.05, 4.69) is 10.4 Å². The highest BCUT2D eigenvalue weighted by molar-refractivity contribution is 6.30. The van der Waals surface area contributed by atoms with Crippen LogP contribution in [0.15, 0.2) is 48.7 Å². The van der Waals surface area contributed by atoms with E-state index in [1.807, 2.05) is 35.1 Å². The Balaban J connectivity index is 1.33. The number of nitrogens with one attached hydrogen (secondary N) is 1. The topological polar surface area (TPSA) is 65.4 Å². The fraction of sp³-hybridized carbons (Fsp3) is 0.304. The van der Waals surface area contributed by atoms with Crippen LogP contribution in [0.1, 0.15) is 46.1 Å². The van der Waals surface area contributed by atoms with Gasteiger partial charge < -0.3 is 14.8 Å². The summed E-state index contributed by atoms with van der Waals surface area (Å²) >= 11 is 5.99. The Morgan fingerprint density at radius 3 is 2.77 bits per heavy atom. The van der Waals surface area contributed by atoms with E-state index in [0.29, 0.717) is 36.8 Å². The molecule has 7 heteroatoms. The second kappa shape index (κ2) is 8.03. The predicted octanol–water partition coefficient (Wildman–Crippen LogP) is 4.16. The summed E-state index contributed by atoms with van der Waals surface area (Å²) in [5, 5.41) is 8.50. The third-order valence-corrected chi connectivity index (χ3v) is 5.87. The molecule has 3 aromatic rings. The molecule has 1 aliphatic carbocycles. The SMILES string of the molecule is O=C(NC1CCCc2c1cnn2Cc1ccc(Cl)cc1)c1ccc2c(c1)OCCO2. The van der Waals surface area contributed by atoms with Crippen LogP contribution >= 0.6 is 11.6 Å². The molecule has 2 aromatic carbocycles. The van der Waals surface area contributed by atoms with Crippen molar-refractivity contribution in [1.82, 2.24) is 15.1 Å². The largest absolute Gasteiger partial charge is 0.486 e. The Morgan fingerprint density at radius 1 is 1.13 bits per heavy atom. The molecular weight excluding hydrogens is 402 g/mol. The first-order valence-electron chi connectivity index (χ1n) is 10.2. The average Bonchev–Trinajstić information content (AvgIpc) is 3.19. The normalized spacial score (nSPS) is 17.3. The maximum atomic E-state index is 12.9. The van der Waals surface area contributed by atoms with Crippen molar-refractivity contribution >= 4 is 17.5 Å². The van der Waals surface area contributed by atoms with Gasteiger partial charge >= 0.3 is 0 Å². The van der Waals surface area contributed by atoms with Crippen LogP contribution < -0.4 is 14.8 Å². The monoisotopic (exact) mass is 423 g/mol. The summed E-state index contributed by atoms with van der Waals surface area (Å²) in [6.45, 7) is 1.72. The van der Waals surface area contributed by atoms with Gasteiger partial charge in [0.1, 0.15) is 13.2 Å². The lowest BCUT2D eigenvalue weighted by molar-refractivity contribution is 0.0931. The van der Waals surface area contributed by atoms with E-state index in [1.54, 1.807) is 18.2 Å². The van der Waals surface area contributed by atoms with Crippen LogP contribution in [0, 0.1) is 0 Å². The molecule has 1 amide bonds. The highest BCUT2D eigenvalue weighted by Crippen LogP contribution is 2.33. The fourth-order valence-electron chi connectivity index (χ4n) is 4.09. The summed E-state index contributed by atoms with van der Waals surface area (Å²) in [7, 11) is 0. The van der Waals surface area contributed by atoms with Crippen LogP contribution in [0.25, 0.3) is 0 Å². The van der Waals surface area contributed by atoms with Gasteiger partial charge in [-0.25, -0.2) is 0 Å². The number of fused-ring (bicyclic) bond motifs is 2. The maximum absolute atomic E-state index is 12.9. The van der Waals surface area contributed by atoms with E-state index in [0.717, 1.165) is 35.4 Å². The third kappa shape index (κ3) is 3.75. The molecule has 1 unspecified atom stereocenters. The number of benzene rings is 2. The molecule has 1 aliphatic heterocycles. The quantitative estimate of drug-likeness (QED) is 0.684. The first-order chi connectivity index (χ1) is 14.7. The number of carbonyl (C=O) groups excluding carboxylic acids is 1. The summed E-state index contributed by atoms with van der Waals surface area (Å²) in [6.07, 6.45) is 4.75. The van der Waals surface area contributed by atoms with E-state index in [1.165, 1.54) is 5.69 Å². The molecule has 0 fully saturated rings. The minimum absolute atomic E-state index is 0.0478. The summed E-state index contributed by atoms with van der Waals surface area (Å²) in [6, 6.07) is 13.1. The van der Waals surface area contributed by atoms with Crippen molar-refractivity contribution in [2.24, 2.45) is 0 Å². The lowest BCUT2D eigenvalue weighted by Crippen LogP contribution is -2.31. The highest BCUT2D eigenvalue weighted by atomic mass is 35.5. The number of nitrogens with zero attached hydrogens (tertiary/aromatic N) is 2. The number of ether oxygens (including phenoxy) is 2. The molecule has 0 radical (unpaired) electrons. The number of rotatable bonds is 4. The summed E-state index contributed by atoms with van der Waals surface area (Å²) in [4.78, 5) is 12.9. The van der Waals surface area contributed by atoms with Gasteiger partial charge in [-0.05, 0) is 55.2 Å². The van der Waals surface area contributed by atoms with Gasteiger partial charge in [-0.1, -0.05) is 23.7 Å². The zero-order valence-corrected chi connectivity index (χ0v) is 17.2. The standard InChI is InChI=1S/C23H22ClN3O3/c24-17-7-4-15(5-8-17)14-27-20-3-1-2-19(18(20)13-25-27)26-23(28)16-6-9-21-22(12-16)30-11-10-29-21/h4-9,12-13,19H,1-3,10-11,14H2,(H,26,28). The zero-order chi connectivity index (χ0) is 20.5. The lowest BCUT2D eigenvalue weighted by Gasteiger charge is -2.25. The van der Waals surface area contributed by atoms with Gasteiger partial charge in [0, 0.05) is 21.8 Å². The van der Waals surface area contributed by atoms with Gasteiger partial charge in [-0.3, -0.25) is 9.48 Å². The molecule has 1 N–H and O–H groups in total. The predicted molar refractivity (Wildman–Crippen MR) is 113 cm³/mol. The Hall–Kier alpha value is -2.99. The molecular formula is C23H22ClN3O3. The summed E-state index contributed by atoms with van der Waals surface area (Å²) in [5.41, 5.74) is 4.00. The molecule has 2 heterocycles. The van der Waals surface area contributed by atoms with E-state index < -0.39 is 0 Å². The Morgan fingerprint density at radius 2 is 1.93 bits per heavy atom. The van der Waals surface area contributed by atoms with Gasteiger partial charge in [0.25, 0.3) is 5.91 Å². The average molecular weight is 424 g/mol. The minimum Gasteiger partial charge on any atom is -0.486 e. The number of hydrogen-bond donors (Lipinski definition) is 1. The fourth-order valence-corrected chi connectivity index (χ4v) is 4.22. The Kier molecular flexibility index (Phi) is 5.09. The molecule has 30 heavy (non-hydrogen) atoms. The number of hydrogen-bond acceptors (Lipinski definition) is 4. The van der Waals surface area contributed by atoms with Gasteiger partial charge in [0.2, 0.25) is 0 Å². The second-order valence-corrected chi connectivity index (χ2v) is 8.04. The first kappa shape index (κ1) is 19.0. The molecule has 0 bridgehead atoms. The molecule has 154 valence electrons. The van der Waals surface area contributed by atoms with Crippen molar-refractivity contribution in [3.05, 3.63) is 76.1 Å². The van der Waals surface area contributed by atoms with Crippen LogP contribution in [-0.4, -0.2) is 28.9 Å². The highest BCUT2D eigenvalue weighted by Gasteiger charge is 2.26. The summed E-state index contributed by atoms with van der Waals surface area (Å²) < 4.78 is 13.2. The van der Waals surface area contributed by atoms with Crippen molar-refractivity contribution in [2.75, 3.05) is 13.2 Å². The van der Waals surface area contributed by atoms with Crippen LogP contribution in [0.3, 0.4) is 0 Å². The smallest absolute Gasteiger partial charge is 0.251 e. The van der Waals surface area contributed by atoms with Gasteiger partial charge in [0.05, 0.1) is 18.8 Å². The van der Waals surface area contributed by atoms with E-state index in [9.17, 15) is 4.79 Å². The summed E-state index contributed by atoms with van der Waals surface area (Å²) in [5.74, 6) is 1.19. The molecule has 0 spiro atoms. The molecule has 0 saturated heterocycles. The van der Waals surface area contributed by atoms with Gasteiger partial charge in [-0.2, -0.15) is 5.10 Å². The molecule has 6 nitrogen and oxygen atoms in total. The molecule has 1 atom stereocenters. The molecule has 2 aliphatic rings. The van der Waals surface area contributed by atoms with Crippen LogP contribution in [0.4, 0.5) is 0 Å². The second-order valence-electron chi connectivity index (χ2n) is 7.61. The van der Waals surface area contributed by atoms with Crippen LogP contribution in [-0.2, 0) is 13.0 Å². The van der Waals surface area contributed by atoms with Crippen LogP contribution in [0.5, 0.6) is 11.5 Å². The number of carbonyl (C=O) groups is 1. The van der Waals surface area contributed by atoms with E-state index >= 15 is 0 Å². The van der Waals surface area contributed by atoms with Crippen molar-refractivity contribution in [1.29, 1.82) is 0 Å². The molecule has 0 saturated carbocycles. The first-order valence-corrected chi connectivity index (χ1v) is 10.5. The Bertz CT molecular complexity index is 1080. The maximum Gasteiger partial charge on any atom is 0.251 e. The minimum atomic E-state index is -0.115. The van der Waals surface area contributed by atoms with Crippen molar-refractivity contribution in [3.8, 4) is 11.5 Å². The zero-order valence-electron chi connectivity index (χ0n) is 16.4. The van der Waals surface area contributed by atoms with E-state index in [-0.39, 0.29) is 11.9 Å². The van der Waals surface area contributed by atoms with Gasteiger partial charge in [-0.15, -0.1) is 0 Å². The van der Waals surface area contributed by atoms with Crippen molar-refractivity contribution in [3.63, 3.8) is 0 Å². The molecule has 1 aromatic heterocycles. The number of aromatic nitrogens is 2. The van der Waals surface area contributed by atoms with E-state index in [4.69, 9.17) is 21.1 Å². The lowest BCUT2D eigenvalue weighted by atomic mass is 9.92. The third-order valence-electron chi connectivity index (χ3n) is 5.62. The van der Waals surface area contributed by atoms with Gasteiger partial charge in [0.15, 0.2) is 11.5 Å². The Labute approximate surface area is 179 Å². The number of amides is 1.